The van der Waals surface area contributed by atoms with Crippen molar-refractivity contribution in [1.82, 2.24) is 10.6 Å². The fraction of sp³-hybridized carbons (Fsp3) is 0.533. The first kappa shape index (κ1) is 18.3. The van der Waals surface area contributed by atoms with Gasteiger partial charge in [-0.1, -0.05) is 26.0 Å². The molecule has 2 atom stereocenters. The molecule has 3 N–H and O–H groups in total. The number of amides is 2. The summed E-state index contributed by atoms with van der Waals surface area (Å²) in [5, 5.41) is 14.1. The summed E-state index contributed by atoms with van der Waals surface area (Å²) in [6, 6.07) is 3.38. The monoisotopic (exact) mass is 318 g/mol. The minimum absolute atomic E-state index is 0.0985. The molecule has 1 aromatic carbocycles. The van der Waals surface area contributed by atoms with E-state index in [0.29, 0.717) is 5.56 Å². The molecule has 2 unspecified atom stereocenters. The average Bonchev–Trinajstić information content (AvgIpc) is 2.43. The van der Waals surface area contributed by atoms with E-state index in [4.69, 9.17) is 5.11 Å². The van der Waals surface area contributed by atoms with Crippen LogP contribution < -0.4 is 10.6 Å². The Kier molecular flexibility index (Phi) is 6.22. The molecule has 4 nitrogen and oxygen atoms in total. The van der Waals surface area contributed by atoms with Gasteiger partial charge in [0.1, 0.15) is 0 Å². The highest BCUT2D eigenvalue weighted by Gasteiger charge is 2.31. The van der Waals surface area contributed by atoms with Crippen LogP contribution in [0.15, 0.2) is 24.3 Å². The summed E-state index contributed by atoms with van der Waals surface area (Å²) in [5.41, 5.74) is -0.363. The number of hydrogen-bond acceptors (Lipinski definition) is 2. The highest BCUT2D eigenvalue weighted by molar-refractivity contribution is 5.74. The maximum atomic E-state index is 12.8. The van der Waals surface area contributed by atoms with Crippen LogP contribution in [0.1, 0.15) is 37.9 Å². The summed E-state index contributed by atoms with van der Waals surface area (Å²) >= 11 is 0. The van der Waals surface area contributed by atoms with E-state index in [-0.39, 0.29) is 12.5 Å². The van der Waals surface area contributed by atoms with Crippen molar-refractivity contribution in [2.75, 3.05) is 6.61 Å². The molecule has 0 saturated heterocycles. The number of carbonyl (C=O) groups excluding carboxylic acids is 1. The molecule has 7 heteroatoms. The van der Waals surface area contributed by atoms with Crippen LogP contribution in [0.2, 0.25) is 0 Å². The molecule has 0 saturated carbocycles. The van der Waals surface area contributed by atoms with Crippen molar-refractivity contribution in [2.45, 2.75) is 39.0 Å². The highest BCUT2D eigenvalue weighted by Crippen LogP contribution is 2.32. The lowest BCUT2D eigenvalue weighted by Gasteiger charge is -2.24. The summed E-state index contributed by atoms with van der Waals surface area (Å²) in [5.74, 6) is -0.0985. The van der Waals surface area contributed by atoms with Crippen LogP contribution in [-0.4, -0.2) is 23.8 Å². The number of halogens is 3. The number of hydrogen-bond donors (Lipinski definition) is 3. The van der Waals surface area contributed by atoms with Gasteiger partial charge in [0.05, 0.1) is 24.3 Å². The molecule has 0 fully saturated rings. The SMILES string of the molecule is CC(CO)NC(=O)NC(c1cccc(C(F)(F)F)c1)C(C)C. The normalized spacial score (nSPS) is 14.5. The predicted octanol–water partition coefficient (Wildman–Crippen LogP) is 3.08. The number of alkyl halides is 3. The van der Waals surface area contributed by atoms with Gasteiger partial charge in [0.25, 0.3) is 0 Å². The number of nitrogens with one attached hydrogen (secondary N) is 2. The Bertz CT molecular complexity index is 504. The van der Waals surface area contributed by atoms with Crippen molar-refractivity contribution in [3.05, 3.63) is 35.4 Å². The van der Waals surface area contributed by atoms with Gasteiger partial charge in [-0.2, -0.15) is 13.2 Å². The van der Waals surface area contributed by atoms with Crippen LogP contribution in [0.25, 0.3) is 0 Å². The van der Waals surface area contributed by atoms with Crippen LogP contribution in [0.5, 0.6) is 0 Å². The van der Waals surface area contributed by atoms with Gasteiger partial charge in [0.15, 0.2) is 0 Å². The van der Waals surface area contributed by atoms with E-state index >= 15 is 0 Å². The Balaban J connectivity index is 2.94. The molecule has 0 heterocycles. The second-order valence-corrected chi connectivity index (χ2v) is 5.55. The van der Waals surface area contributed by atoms with Gasteiger partial charge >= 0.3 is 12.2 Å². The van der Waals surface area contributed by atoms with Gasteiger partial charge in [0.2, 0.25) is 0 Å². The van der Waals surface area contributed by atoms with Crippen LogP contribution in [0.3, 0.4) is 0 Å². The molecule has 0 aliphatic rings. The second kappa shape index (κ2) is 7.49. The van der Waals surface area contributed by atoms with Crippen LogP contribution in [0, 0.1) is 5.92 Å². The quantitative estimate of drug-likeness (QED) is 0.781. The first-order chi connectivity index (χ1) is 10.1. The van der Waals surface area contributed by atoms with Gasteiger partial charge < -0.3 is 15.7 Å². The molecular weight excluding hydrogens is 297 g/mol. The molecule has 0 aromatic heterocycles. The lowest BCUT2D eigenvalue weighted by atomic mass is 9.94. The summed E-state index contributed by atoms with van der Waals surface area (Å²) in [4.78, 5) is 11.8. The van der Waals surface area contributed by atoms with Crippen LogP contribution in [0.4, 0.5) is 18.0 Å². The summed E-state index contributed by atoms with van der Waals surface area (Å²) in [7, 11) is 0. The third-order valence-electron chi connectivity index (χ3n) is 3.18. The van der Waals surface area contributed by atoms with E-state index in [1.807, 2.05) is 0 Å². The van der Waals surface area contributed by atoms with Gasteiger partial charge in [-0.25, -0.2) is 4.79 Å². The first-order valence-electron chi connectivity index (χ1n) is 7.00. The molecule has 0 bridgehead atoms. The minimum Gasteiger partial charge on any atom is -0.394 e. The first-order valence-corrected chi connectivity index (χ1v) is 7.00. The van der Waals surface area contributed by atoms with Crippen molar-refractivity contribution in [3.63, 3.8) is 0 Å². The summed E-state index contributed by atoms with van der Waals surface area (Å²) in [6.07, 6.45) is -4.43. The Morgan fingerprint density at radius 2 is 1.86 bits per heavy atom. The fourth-order valence-electron chi connectivity index (χ4n) is 2.00. The van der Waals surface area contributed by atoms with E-state index in [0.717, 1.165) is 12.1 Å². The lowest BCUT2D eigenvalue weighted by molar-refractivity contribution is -0.137. The van der Waals surface area contributed by atoms with E-state index in [2.05, 4.69) is 10.6 Å². The maximum Gasteiger partial charge on any atom is 0.416 e. The molecule has 0 spiro atoms. The lowest BCUT2D eigenvalue weighted by Crippen LogP contribution is -2.44. The number of aliphatic hydroxyl groups excluding tert-OH is 1. The van der Waals surface area contributed by atoms with Crippen molar-refractivity contribution >= 4 is 6.03 Å². The molecule has 1 aromatic rings. The van der Waals surface area contributed by atoms with Gasteiger partial charge in [-0.15, -0.1) is 0 Å². The van der Waals surface area contributed by atoms with E-state index < -0.39 is 29.9 Å². The van der Waals surface area contributed by atoms with Gasteiger partial charge in [0, 0.05) is 0 Å². The third kappa shape index (κ3) is 5.22. The average molecular weight is 318 g/mol. The molecule has 0 aliphatic heterocycles. The molecular formula is C15H21F3N2O2. The van der Waals surface area contributed by atoms with Crippen LogP contribution in [-0.2, 0) is 6.18 Å². The molecule has 2 amide bonds. The smallest absolute Gasteiger partial charge is 0.394 e. The standard InChI is InChI=1S/C15H21F3N2O2/c1-9(2)13(20-14(22)19-10(3)8-21)11-5-4-6-12(7-11)15(16,17)18/h4-7,9-10,13,21H,8H2,1-3H3,(H2,19,20,22). The van der Waals surface area contributed by atoms with E-state index in [9.17, 15) is 18.0 Å². The number of carbonyl (C=O) groups is 1. The Morgan fingerprint density at radius 3 is 2.36 bits per heavy atom. The van der Waals surface area contributed by atoms with E-state index in [1.165, 1.54) is 6.07 Å². The maximum absolute atomic E-state index is 12.8. The molecule has 22 heavy (non-hydrogen) atoms. The molecule has 0 aliphatic carbocycles. The summed E-state index contributed by atoms with van der Waals surface area (Å²) < 4.78 is 38.4. The topological polar surface area (TPSA) is 61.4 Å². The molecule has 0 radical (unpaired) electrons. The zero-order valence-corrected chi connectivity index (χ0v) is 12.7. The predicted molar refractivity (Wildman–Crippen MR) is 77.2 cm³/mol. The van der Waals surface area contributed by atoms with Gasteiger partial charge in [-0.3, -0.25) is 0 Å². The second-order valence-electron chi connectivity index (χ2n) is 5.55. The number of aliphatic hydroxyl groups is 1. The molecule has 1 rings (SSSR count). The van der Waals surface area contributed by atoms with Crippen molar-refractivity contribution in [3.8, 4) is 0 Å². The third-order valence-corrected chi connectivity index (χ3v) is 3.18. The van der Waals surface area contributed by atoms with Crippen molar-refractivity contribution in [2.24, 2.45) is 5.92 Å². The zero-order chi connectivity index (χ0) is 16.9. The largest absolute Gasteiger partial charge is 0.416 e. The molecule has 124 valence electrons. The number of rotatable bonds is 5. The van der Waals surface area contributed by atoms with Crippen molar-refractivity contribution in [1.29, 1.82) is 0 Å². The minimum atomic E-state index is -4.43. The highest BCUT2D eigenvalue weighted by atomic mass is 19.4. The van der Waals surface area contributed by atoms with Crippen LogP contribution >= 0.6 is 0 Å². The number of urea groups is 1. The Morgan fingerprint density at radius 1 is 1.23 bits per heavy atom. The Hall–Kier alpha value is -1.76. The summed E-state index contributed by atoms with van der Waals surface area (Å²) in [6.45, 7) is 5.01. The number of benzene rings is 1. The van der Waals surface area contributed by atoms with Gasteiger partial charge in [-0.05, 0) is 30.5 Å². The zero-order valence-electron chi connectivity index (χ0n) is 12.7. The van der Waals surface area contributed by atoms with E-state index in [1.54, 1.807) is 26.8 Å². The van der Waals surface area contributed by atoms with Crippen molar-refractivity contribution < 1.29 is 23.1 Å². The fourth-order valence-corrected chi connectivity index (χ4v) is 2.00. The Labute approximate surface area is 127 Å².